The molecule has 0 bridgehead atoms. The Hall–Kier alpha value is -3.86. The van der Waals surface area contributed by atoms with Crippen molar-refractivity contribution in [3.05, 3.63) is 115 Å². The summed E-state index contributed by atoms with van der Waals surface area (Å²) < 4.78 is 11.6. The van der Waals surface area contributed by atoms with Crippen LogP contribution in [0.3, 0.4) is 0 Å². The summed E-state index contributed by atoms with van der Waals surface area (Å²) in [5.74, 6) is 0.164. The third kappa shape index (κ3) is 10.3. The summed E-state index contributed by atoms with van der Waals surface area (Å²) in [6, 6.07) is 20.7. The molecule has 32 heavy (non-hydrogen) atoms. The lowest BCUT2D eigenvalue weighted by atomic mass is 10.2. The van der Waals surface area contributed by atoms with Crippen molar-refractivity contribution in [3.8, 4) is 11.5 Å². The van der Waals surface area contributed by atoms with Crippen LogP contribution in [0, 0.1) is 6.92 Å². The van der Waals surface area contributed by atoms with Crippen LogP contribution in [-0.2, 0) is 11.4 Å². The van der Waals surface area contributed by atoms with Crippen molar-refractivity contribution in [2.45, 2.75) is 27.4 Å². The Morgan fingerprint density at radius 2 is 1.62 bits per heavy atom. The van der Waals surface area contributed by atoms with Gasteiger partial charge in [0.05, 0.1) is 11.3 Å². The fourth-order valence-electron chi connectivity index (χ4n) is 2.39. The first kappa shape index (κ1) is 26.2. The van der Waals surface area contributed by atoms with E-state index in [4.69, 9.17) is 14.6 Å². The van der Waals surface area contributed by atoms with Gasteiger partial charge in [-0.15, -0.1) is 0 Å². The van der Waals surface area contributed by atoms with Gasteiger partial charge in [-0.25, -0.2) is 4.79 Å². The van der Waals surface area contributed by atoms with Gasteiger partial charge in [0.1, 0.15) is 24.7 Å². The van der Waals surface area contributed by atoms with E-state index in [2.05, 4.69) is 18.1 Å². The molecule has 0 atom stereocenters. The molecule has 1 N–H and O–H groups in total. The number of ether oxygens (including phenoxy) is 2. The average molecular weight is 434 g/mol. The molecule has 1 aromatic heterocycles. The van der Waals surface area contributed by atoms with Gasteiger partial charge in [0.15, 0.2) is 0 Å². The van der Waals surface area contributed by atoms with Crippen molar-refractivity contribution in [2.24, 2.45) is 0 Å². The number of rotatable bonds is 9. The summed E-state index contributed by atoms with van der Waals surface area (Å²) >= 11 is 0. The van der Waals surface area contributed by atoms with Gasteiger partial charge in [0, 0.05) is 11.8 Å². The minimum atomic E-state index is -1.06. The Labute approximate surface area is 190 Å². The van der Waals surface area contributed by atoms with Crippen LogP contribution in [0.4, 0.5) is 0 Å². The number of aryl methyl sites for hydroxylation is 1. The fraction of sp³-hybridized carbons (Fsp3) is 0.185. The molecule has 1 aromatic carbocycles. The number of hydrogen-bond acceptors (Lipinski definition) is 4. The second-order valence-electron chi connectivity index (χ2n) is 6.36. The van der Waals surface area contributed by atoms with E-state index in [1.54, 1.807) is 12.1 Å². The van der Waals surface area contributed by atoms with E-state index >= 15 is 0 Å². The van der Waals surface area contributed by atoms with E-state index in [0.29, 0.717) is 23.7 Å². The molecular formula is C27H31NO4. The average Bonchev–Trinajstić information content (AvgIpc) is 2.80. The van der Waals surface area contributed by atoms with E-state index in [0.717, 1.165) is 11.4 Å². The van der Waals surface area contributed by atoms with E-state index in [9.17, 15) is 4.79 Å². The standard InChI is InChI=1S/C25H25NO4.C2H6/c1-4-21(25(27)28)15-19(2)17-29-23-13-10-14-24(16-23)30-18-22-12-9-7-5-6-8-11-20(3)26-22;1-2/h4-16H,1-2,17-18H2,3H3,(H,27,28);1-2H3/b6-5?,7-5?,8-6?,9-7?,11-8?,12-9?,20-11?,21-15+,22-12?,26-20?,26-22?;. The monoisotopic (exact) mass is 433 g/mol. The maximum Gasteiger partial charge on any atom is 0.335 e. The van der Waals surface area contributed by atoms with E-state index in [1.165, 1.54) is 12.2 Å². The zero-order valence-corrected chi connectivity index (χ0v) is 19.0. The molecule has 0 amide bonds. The zero-order valence-electron chi connectivity index (χ0n) is 19.0. The maximum atomic E-state index is 11.0. The Kier molecular flexibility index (Phi) is 12.3. The Morgan fingerprint density at radius 1 is 1.00 bits per heavy atom. The topological polar surface area (TPSA) is 68.7 Å². The molecule has 0 saturated heterocycles. The fourth-order valence-corrected chi connectivity index (χ4v) is 2.39. The number of hydrogen-bond donors (Lipinski definition) is 1. The summed E-state index contributed by atoms with van der Waals surface area (Å²) in [7, 11) is 0. The zero-order chi connectivity index (χ0) is 23.8. The van der Waals surface area contributed by atoms with Crippen molar-refractivity contribution in [3.63, 3.8) is 0 Å². The highest BCUT2D eigenvalue weighted by Crippen LogP contribution is 2.21. The number of aliphatic carboxylic acids is 1. The molecule has 0 radical (unpaired) electrons. The third-order valence-electron chi connectivity index (χ3n) is 3.83. The predicted molar refractivity (Wildman–Crippen MR) is 129 cm³/mol. The number of benzene rings is 1. The highest BCUT2D eigenvalue weighted by atomic mass is 16.5. The predicted octanol–water partition coefficient (Wildman–Crippen LogP) is 6.25. The summed E-state index contributed by atoms with van der Waals surface area (Å²) in [4.78, 5) is 15.6. The van der Waals surface area contributed by atoms with Crippen molar-refractivity contribution in [2.75, 3.05) is 6.61 Å². The van der Waals surface area contributed by atoms with Crippen molar-refractivity contribution >= 4 is 5.97 Å². The van der Waals surface area contributed by atoms with Gasteiger partial charge in [-0.2, -0.15) is 0 Å². The highest BCUT2D eigenvalue weighted by molar-refractivity contribution is 5.90. The van der Waals surface area contributed by atoms with Gasteiger partial charge in [0.25, 0.3) is 0 Å². The minimum Gasteiger partial charge on any atom is -0.489 e. The van der Waals surface area contributed by atoms with Crippen LogP contribution in [-0.4, -0.2) is 22.7 Å². The smallest absolute Gasteiger partial charge is 0.335 e. The summed E-state index contributed by atoms with van der Waals surface area (Å²) in [5, 5.41) is 9.03. The van der Waals surface area contributed by atoms with Crippen LogP contribution < -0.4 is 9.47 Å². The van der Waals surface area contributed by atoms with Crippen LogP contribution in [0.15, 0.2) is 103 Å². The number of carbonyl (C=O) groups is 1. The molecular weight excluding hydrogens is 402 g/mol. The normalized spacial score (nSPS) is 10.0. The largest absolute Gasteiger partial charge is 0.489 e. The lowest BCUT2D eigenvalue weighted by Crippen LogP contribution is -2.03. The lowest BCUT2D eigenvalue weighted by Gasteiger charge is -2.10. The molecule has 0 aliphatic rings. The van der Waals surface area contributed by atoms with Gasteiger partial charge in [0.2, 0.25) is 0 Å². The maximum absolute atomic E-state index is 11.0. The van der Waals surface area contributed by atoms with E-state index in [-0.39, 0.29) is 12.2 Å². The number of carboxylic acids is 1. The third-order valence-corrected chi connectivity index (χ3v) is 3.83. The van der Waals surface area contributed by atoms with Gasteiger partial charge >= 0.3 is 5.97 Å². The number of carboxylic acid groups (broad SMARTS) is 1. The molecule has 0 unspecified atom stereocenters. The van der Waals surface area contributed by atoms with Gasteiger partial charge in [-0.05, 0) is 42.8 Å². The van der Waals surface area contributed by atoms with E-state index in [1.807, 2.05) is 75.4 Å². The molecule has 0 fully saturated rings. The lowest BCUT2D eigenvalue weighted by molar-refractivity contribution is -0.132. The van der Waals surface area contributed by atoms with Crippen LogP contribution in [0.2, 0.25) is 0 Å². The second kappa shape index (κ2) is 15.0. The van der Waals surface area contributed by atoms with Crippen LogP contribution in [0.5, 0.6) is 11.5 Å². The molecule has 0 aliphatic carbocycles. The van der Waals surface area contributed by atoms with Crippen molar-refractivity contribution in [1.82, 2.24) is 4.98 Å². The Morgan fingerprint density at radius 3 is 2.28 bits per heavy atom. The molecule has 168 valence electrons. The molecule has 0 saturated carbocycles. The number of nitrogens with zero attached hydrogens (tertiary/aromatic N) is 1. The van der Waals surface area contributed by atoms with Crippen LogP contribution >= 0.6 is 0 Å². The first-order valence-corrected chi connectivity index (χ1v) is 10.3. The highest BCUT2D eigenvalue weighted by Gasteiger charge is 2.04. The minimum absolute atomic E-state index is 0.0647. The molecule has 0 spiro atoms. The molecule has 1 heterocycles. The van der Waals surface area contributed by atoms with Gasteiger partial charge in [-0.3, -0.25) is 4.98 Å². The molecule has 2 rings (SSSR count). The quantitative estimate of drug-likeness (QED) is 0.374. The molecule has 5 heteroatoms. The first-order valence-electron chi connectivity index (χ1n) is 10.3. The Bertz CT molecular complexity index is 994. The van der Waals surface area contributed by atoms with Crippen LogP contribution in [0.25, 0.3) is 0 Å². The molecule has 5 nitrogen and oxygen atoms in total. The number of aromatic nitrogens is 1. The molecule has 2 aromatic rings. The van der Waals surface area contributed by atoms with E-state index < -0.39 is 5.97 Å². The van der Waals surface area contributed by atoms with Gasteiger partial charge < -0.3 is 14.6 Å². The Balaban J connectivity index is 0.00000249. The van der Waals surface area contributed by atoms with Crippen molar-refractivity contribution < 1.29 is 19.4 Å². The second-order valence-corrected chi connectivity index (χ2v) is 6.36. The summed E-state index contributed by atoms with van der Waals surface area (Å²) in [6.45, 7) is 13.7. The van der Waals surface area contributed by atoms with Crippen molar-refractivity contribution in [1.29, 1.82) is 0 Å². The van der Waals surface area contributed by atoms with Gasteiger partial charge in [-0.1, -0.05) is 69.5 Å². The first-order chi connectivity index (χ1) is 15.5. The summed E-state index contributed by atoms with van der Waals surface area (Å²) in [6.07, 6.45) is 2.69. The SMILES string of the molecule is C=C/C(=C\C(=C)COc1cccc(OCc2cccccccc(C)n2)c1)C(=O)O.CC. The summed E-state index contributed by atoms with van der Waals surface area (Å²) in [5.41, 5.74) is 2.26. The molecule has 0 aliphatic heterocycles. The van der Waals surface area contributed by atoms with Crippen LogP contribution in [0.1, 0.15) is 25.2 Å².